The Morgan fingerprint density at radius 3 is 2.18 bits per heavy atom. The van der Waals surface area contributed by atoms with E-state index in [9.17, 15) is 4.57 Å². The number of rotatable bonds is 6. The molecule has 0 saturated heterocycles. The maximum Gasteiger partial charge on any atom is 0.417 e. The first-order valence-corrected chi connectivity index (χ1v) is 7.09. The predicted molar refractivity (Wildman–Crippen MR) is 66.6 cm³/mol. The molecule has 0 saturated carbocycles. The van der Waals surface area contributed by atoms with Gasteiger partial charge in [0.25, 0.3) is 0 Å². The molecule has 0 aliphatic rings. The van der Waals surface area contributed by atoms with E-state index in [1.54, 1.807) is 38.1 Å². The van der Waals surface area contributed by atoms with E-state index in [0.717, 1.165) is 0 Å². The Labute approximate surface area is 102 Å². The summed E-state index contributed by atoms with van der Waals surface area (Å²) in [5, 5.41) is 0. The summed E-state index contributed by atoms with van der Waals surface area (Å²) < 4.78 is 22.9. The molecule has 1 unspecified atom stereocenters. The molecule has 0 aliphatic carbocycles. The molecule has 1 atom stereocenters. The molecule has 0 aromatic heterocycles. The molecule has 0 amide bonds. The molecule has 0 N–H and O–H groups in total. The van der Waals surface area contributed by atoms with Crippen LogP contribution in [0.3, 0.4) is 0 Å². The van der Waals surface area contributed by atoms with Gasteiger partial charge in [-0.05, 0) is 13.8 Å². The summed E-state index contributed by atoms with van der Waals surface area (Å²) >= 11 is 0. The summed E-state index contributed by atoms with van der Waals surface area (Å²) in [7, 11) is -3.41. The zero-order valence-corrected chi connectivity index (χ0v) is 10.9. The molecule has 1 rings (SSSR count). The Morgan fingerprint density at radius 1 is 1.24 bits per heavy atom. The highest BCUT2D eigenvalue weighted by Crippen LogP contribution is 2.61. The fourth-order valence-corrected chi connectivity index (χ4v) is 3.25. The van der Waals surface area contributed by atoms with Crippen LogP contribution in [0.15, 0.2) is 30.3 Å². The highest BCUT2D eigenvalue weighted by molar-refractivity contribution is 7.54. The second-order valence-corrected chi connectivity index (χ2v) is 5.37. The minimum atomic E-state index is -3.41. The van der Waals surface area contributed by atoms with Gasteiger partial charge in [0.05, 0.1) is 13.2 Å². The van der Waals surface area contributed by atoms with Crippen molar-refractivity contribution in [3.05, 3.63) is 47.3 Å². The van der Waals surface area contributed by atoms with E-state index in [2.05, 4.69) is 4.85 Å². The maximum absolute atomic E-state index is 12.5. The van der Waals surface area contributed by atoms with Crippen LogP contribution in [-0.4, -0.2) is 13.2 Å². The van der Waals surface area contributed by atoms with Crippen molar-refractivity contribution in [2.24, 2.45) is 0 Å². The van der Waals surface area contributed by atoms with E-state index in [4.69, 9.17) is 15.6 Å². The molecule has 0 bridgehead atoms. The highest BCUT2D eigenvalue weighted by Gasteiger charge is 2.42. The number of nitrogens with zero attached hydrogens (tertiary/aromatic N) is 1. The van der Waals surface area contributed by atoms with E-state index < -0.39 is 13.4 Å². The van der Waals surface area contributed by atoms with E-state index in [1.165, 1.54) is 0 Å². The largest absolute Gasteiger partial charge is 0.417 e. The predicted octanol–water partition coefficient (Wildman–Crippen LogP) is 3.87. The van der Waals surface area contributed by atoms with Crippen molar-refractivity contribution >= 4 is 7.60 Å². The molecule has 0 fully saturated rings. The van der Waals surface area contributed by atoms with Crippen LogP contribution in [0.25, 0.3) is 4.85 Å². The Morgan fingerprint density at radius 2 is 1.76 bits per heavy atom. The molecule has 92 valence electrons. The zero-order valence-electron chi connectivity index (χ0n) is 10.00. The lowest BCUT2D eigenvalue weighted by molar-refractivity contribution is 0.215. The third-order valence-electron chi connectivity index (χ3n) is 2.14. The van der Waals surface area contributed by atoms with Gasteiger partial charge in [0.2, 0.25) is 0 Å². The molecule has 0 aliphatic heterocycles. The number of benzene rings is 1. The van der Waals surface area contributed by atoms with Crippen LogP contribution in [0.1, 0.15) is 25.2 Å². The Balaban J connectivity index is 3.07. The van der Waals surface area contributed by atoms with Crippen molar-refractivity contribution in [3.8, 4) is 0 Å². The van der Waals surface area contributed by atoms with Crippen molar-refractivity contribution < 1.29 is 13.6 Å². The van der Waals surface area contributed by atoms with Crippen molar-refractivity contribution in [3.63, 3.8) is 0 Å². The highest BCUT2D eigenvalue weighted by atomic mass is 31.2. The zero-order chi connectivity index (χ0) is 12.7. The lowest BCUT2D eigenvalue weighted by Crippen LogP contribution is -2.03. The van der Waals surface area contributed by atoms with Crippen molar-refractivity contribution in [1.82, 2.24) is 0 Å². The van der Waals surface area contributed by atoms with Crippen molar-refractivity contribution in [2.45, 2.75) is 19.6 Å². The molecule has 0 spiro atoms. The first-order valence-electron chi connectivity index (χ1n) is 5.48. The van der Waals surface area contributed by atoms with E-state index in [0.29, 0.717) is 5.56 Å². The second kappa shape index (κ2) is 6.56. The van der Waals surface area contributed by atoms with Gasteiger partial charge in [0.1, 0.15) is 0 Å². The van der Waals surface area contributed by atoms with Crippen molar-refractivity contribution in [1.29, 1.82) is 0 Å². The van der Waals surface area contributed by atoms with Crippen LogP contribution in [0.5, 0.6) is 0 Å². The summed E-state index contributed by atoms with van der Waals surface area (Å²) in [6.07, 6.45) is 0. The van der Waals surface area contributed by atoms with Gasteiger partial charge < -0.3 is 9.05 Å². The number of hydrogen-bond acceptors (Lipinski definition) is 3. The Bertz CT molecular complexity index is 417. The summed E-state index contributed by atoms with van der Waals surface area (Å²) in [6.45, 7) is 11.2. The monoisotopic (exact) mass is 253 g/mol. The summed E-state index contributed by atoms with van der Waals surface area (Å²) in [4.78, 5) is 3.40. The van der Waals surface area contributed by atoms with Crippen LogP contribution >= 0.6 is 7.60 Å². The van der Waals surface area contributed by atoms with Crippen LogP contribution < -0.4 is 0 Å². The van der Waals surface area contributed by atoms with E-state index in [1.807, 2.05) is 6.07 Å². The van der Waals surface area contributed by atoms with Gasteiger partial charge in [0.15, 0.2) is 0 Å². The number of hydrogen-bond donors (Lipinski definition) is 0. The maximum atomic E-state index is 12.5. The summed E-state index contributed by atoms with van der Waals surface area (Å²) in [5.41, 5.74) is 0.660. The summed E-state index contributed by atoms with van der Waals surface area (Å²) in [6, 6.07) is 8.96. The second-order valence-electron chi connectivity index (χ2n) is 3.29. The van der Waals surface area contributed by atoms with Gasteiger partial charge in [-0.15, -0.1) is 0 Å². The molecule has 0 radical (unpaired) electrons. The Hall–Kier alpha value is -1.14. The van der Waals surface area contributed by atoms with Gasteiger partial charge in [-0.3, -0.25) is 9.41 Å². The van der Waals surface area contributed by atoms with Gasteiger partial charge in [-0.2, -0.15) is 0 Å². The van der Waals surface area contributed by atoms with Crippen LogP contribution in [-0.2, 0) is 13.6 Å². The molecule has 17 heavy (non-hydrogen) atoms. The molecule has 1 aromatic carbocycles. The van der Waals surface area contributed by atoms with Crippen LogP contribution in [0, 0.1) is 6.57 Å². The minimum Gasteiger partial charge on any atom is -0.303 e. The van der Waals surface area contributed by atoms with Crippen LogP contribution in [0.2, 0.25) is 0 Å². The topological polar surface area (TPSA) is 39.9 Å². The molecule has 0 heterocycles. The quantitative estimate of drug-likeness (QED) is 0.570. The third-order valence-corrected chi connectivity index (χ3v) is 4.39. The average Bonchev–Trinajstić information content (AvgIpc) is 2.31. The van der Waals surface area contributed by atoms with E-state index in [-0.39, 0.29) is 13.2 Å². The lowest BCUT2D eigenvalue weighted by atomic mass is 10.2. The SMILES string of the molecule is [C-]#[N+]C(c1ccccc1)P(=O)(OCC)OCC. The molecular weight excluding hydrogens is 237 g/mol. The van der Waals surface area contributed by atoms with Crippen LogP contribution in [0.4, 0.5) is 0 Å². The summed E-state index contributed by atoms with van der Waals surface area (Å²) in [5.74, 6) is -0.886. The fraction of sp³-hybridized carbons (Fsp3) is 0.417. The van der Waals surface area contributed by atoms with Gasteiger partial charge in [-0.25, -0.2) is 6.57 Å². The Kier molecular flexibility index (Phi) is 5.37. The smallest absolute Gasteiger partial charge is 0.303 e. The van der Waals surface area contributed by atoms with Gasteiger partial charge in [-0.1, -0.05) is 30.3 Å². The third kappa shape index (κ3) is 3.41. The normalized spacial score (nSPS) is 13.0. The van der Waals surface area contributed by atoms with E-state index >= 15 is 0 Å². The van der Waals surface area contributed by atoms with Crippen molar-refractivity contribution in [2.75, 3.05) is 13.2 Å². The molecular formula is C12H16NO3P. The average molecular weight is 253 g/mol. The fourth-order valence-electron chi connectivity index (χ4n) is 1.49. The minimum absolute atomic E-state index is 0.260. The lowest BCUT2D eigenvalue weighted by Gasteiger charge is -2.18. The van der Waals surface area contributed by atoms with Gasteiger partial charge in [0, 0.05) is 5.56 Å². The standard InChI is InChI=1S/C12H16NO3P/c1-4-15-17(14,16-5-2)12(13-3)11-9-7-6-8-10-11/h6-10,12H,4-5H2,1-2H3. The molecule has 1 aromatic rings. The molecule has 5 heteroatoms. The molecule has 4 nitrogen and oxygen atoms in total. The first kappa shape index (κ1) is 13.9. The first-order chi connectivity index (χ1) is 8.18. The van der Waals surface area contributed by atoms with Gasteiger partial charge >= 0.3 is 13.4 Å².